The Morgan fingerprint density at radius 3 is 2.48 bits per heavy atom. The monoisotopic (exact) mass is 305 g/mol. The molecule has 0 N–H and O–H groups in total. The van der Waals surface area contributed by atoms with E-state index >= 15 is 0 Å². The van der Waals surface area contributed by atoms with Crippen LogP contribution in [0.1, 0.15) is 24.8 Å². The van der Waals surface area contributed by atoms with Crippen LogP contribution in [0.4, 0.5) is 0 Å². The predicted molar refractivity (Wildman–Crippen MR) is 76.2 cm³/mol. The van der Waals surface area contributed by atoms with Gasteiger partial charge >= 0.3 is 5.97 Å². The van der Waals surface area contributed by atoms with Crippen LogP contribution >= 0.6 is 0 Å². The van der Waals surface area contributed by atoms with E-state index in [1.54, 1.807) is 31.4 Å². The van der Waals surface area contributed by atoms with Crippen molar-refractivity contribution in [3.05, 3.63) is 29.8 Å². The molecule has 0 spiro atoms. The minimum absolute atomic E-state index is 0.139. The molecule has 1 aliphatic rings. The number of esters is 1. The van der Waals surface area contributed by atoms with E-state index in [0.29, 0.717) is 17.7 Å². The summed E-state index contributed by atoms with van der Waals surface area (Å²) in [5.41, 5.74) is -0.704. The lowest BCUT2D eigenvalue weighted by atomic mass is 9.67. The van der Waals surface area contributed by atoms with Gasteiger partial charge in [-0.25, -0.2) is 0 Å². The number of Topliss-reactive ketones (excluding diaryl/α,β-unsaturated/α-hetero) is 1. The third kappa shape index (κ3) is 2.73. The van der Waals surface area contributed by atoms with Crippen molar-refractivity contribution in [3.8, 4) is 5.75 Å². The zero-order valence-corrected chi connectivity index (χ0v) is 13.0. The molecule has 6 heteroatoms. The number of carbonyl (C=O) groups excluding carboxylic acids is 2. The summed E-state index contributed by atoms with van der Waals surface area (Å²) in [5, 5.41) is 0. The first-order valence-electron chi connectivity index (χ1n) is 6.67. The van der Waals surface area contributed by atoms with Crippen LogP contribution in [0.2, 0.25) is 0 Å². The topological polar surface area (TPSA) is 61.8 Å². The fourth-order valence-electron chi connectivity index (χ4n) is 2.81. The lowest BCUT2D eigenvalue weighted by molar-refractivity contribution is -0.155. The van der Waals surface area contributed by atoms with Crippen LogP contribution in [-0.2, 0) is 24.2 Å². The number of methoxy groups -OCH3 is 2. The van der Waals surface area contributed by atoms with Gasteiger partial charge in [-0.3, -0.25) is 9.59 Å². The summed E-state index contributed by atoms with van der Waals surface area (Å²) in [6, 6.07) is 6.91. The predicted octanol–water partition coefficient (Wildman–Crippen LogP) is 1.33. The molecule has 111 valence electrons. The van der Waals surface area contributed by atoms with E-state index in [9.17, 15) is 9.59 Å². The van der Waals surface area contributed by atoms with E-state index < -0.39 is 11.4 Å². The molecule has 0 bridgehead atoms. The summed E-state index contributed by atoms with van der Waals surface area (Å²) < 4.78 is 15.2. The summed E-state index contributed by atoms with van der Waals surface area (Å²) in [6.45, 7) is 0. The molecule has 0 aromatic heterocycles. The highest BCUT2D eigenvalue weighted by molar-refractivity contribution is 6.10. The van der Waals surface area contributed by atoms with E-state index in [1.165, 1.54) is 7.11 Å². The molecule has 1 aliphatic carbocycles. The van der Waals surface area contributed by atoms with Gasteiger partial charge in [0.1, 0.15) is 5.75 Å². The largest absolute Gasteiger partial charge is 0.497 e. The minimum Gasteiger partial charge on any atom is -0.497 e. The molecule has 1 fully saturated rings. The second-order valence-corrected chi connectivity index (χ2v) is 5.27. The van der Waals surface area contributed by atoms with Gasteiger partial charge in [0.05, 0.1) is 14.2 Å². The Morgan fingerprint density at radius 1 is 1.29 bits per heavy atom. The van der Waals surface area contributed by atoms with Crippen molar-refractivity contribution >= 4 is 22.2 Å². The Morgan fingerprint density at radius 2 is 1.95 bits per heavy atom. The molecule has 21 heavy (non-hydrogen) atoms. The lowest BCUT2D eigenvalue weighted by Gasteiger charge is -2.37. The maximum atomic E-state index is 12.5. The maximum absolute atomic E-state index is 12.5. The molecule has 2 atom stereocenters. The summed E-state index contributed by atoms with van der Waals surface area (Å²) in [6.07, 6.45) is 0.891. The maximum Gasteiger partial charge on any atom is 0.323 e. The second kappa shape index (κ2) is 6.40. The molecule has 0 unspecified atom stereocenters. The third-order valence-electron chi connectivity index (χ3n) is 3.99. The molecule has 1 aromatic carbocycles. The molecule has 0 heterocycles. The Balaban J connectivity index is 2.49. The number of ether oxygens (including phenoxy) is 2. The fraction of sp³-hybridized carbons (Fsp3) is 0.467. The third-order valence-corrected chi connectivity index (χ3v) is 4.32. The lowest BCUT2D eigenvalue weighted by Crippen LogP contribution is -2.50. The van der Waals surface area contributed by atoms with Crippen LogP contribution in [-0.4, -0.2) is 42.6 Å². The Kier molecular flexibility index (Phi) is 4.79. The Labute approximate surface area is 127 Å². The van der Waals surface area contributed by atoms with Crippen LogP contribution in [0.5, 0.6) is 5.75 Å². The quantitative estimate of drug-likeness (QED) is 0.477. The number of rotatable bonds is 4. The van der Waals surface area contributed by atoms with Crippen molar-refractivity contribution in [2.24, 2.45) is 0 Å². The van der Waals surface area contributed by atoms with Gasteiger partial charge in [0, 0.05) is 12.5 Å². The molecule has 1 aromatic rings. The van der Waals surface area contributed by atoms with Crippen molar-refractivity contribution in [2.75, 3.05) is 14.2 Å². The summed E-state index contributed by atoms with van der Waals surface area (Å²) in [4.78, 5) is 24.9. The molecule has 2 rings (SSSR count). The van der Waals surface area contributed by atoms with Crippen molar-refractivity contribution in [1.29, 1.82) is 0 Å². The number of hydrogen-bond acceptors (Lipinski definition) is 5. The van der Waals surface area contributed by atoms with Crippen LogP contribution in [0.3, 0.4) is 0 Å². The van der Waals surface area contributed by atoms with Crippen LogP contribution in [0.15, 0.2) is 24.3 Å². The van der Waals surface area contributed by atoms with Gasteiger partial charge in [-0.2, -0.15) is 0 Å². The number of hydrogen-bond donors (Lipinski definition) is 0. The van der Waals surface area contributed by atoms with E-state index in [-0.39, 0.29) is 24.7 Å². The van der Waals surface area contributed by atoms with Gasteiger partial charge in [0.15, 0.2) is 11.2 Å². The van der Waals surface area contributed by atoms with Crippen molar-refractivity contribution in [3.63, 3.8) is 0 Å². The minimum atomic E-state index is -1.31. The molecule has 0 saturated heterocycles. The summed E-state index contributed by atoms with van der Waals surface area (Å²) >= 11 is 0. The van der Waals surface area contributed by atoms with E-state index in [0.717, 1.165) is 0 Å². The van der Waals surface area contributed by atoms with Gasteiger partial charge in [-0.15, -0.1) is 0 Å². The molecular weight excluding hydrogens is 288 g/mol. The van der Waals surface area contributed by atoms with Crippen molar-refractivity contribution in [2.45, 2.75) is 30.8 Å². The van der Waals surface area contributed by atoms with Crippen LogP contribution < -0.4 is 4.74 Å². The van der Waals surface area contributed by atoms with Crippen LogP contribution in [0.25, 0.3) is 0 Å². The Bertz CT molecular complexity index is 517. The average Bonchev–Trinajstić information content (AvgIpc) is 2.55. The van der Waals surface area contributed by atoms with Gasteiger partial charge in [0.25, 0.3) is 0 Å². The SMILES string of the molecule is COC(=O)[C@@]1(c2ccc(OC)cc2)C[C@@H](O[Si])CCC1=O. The van der Waals surface area contributed by atoms with Gasteiger partial charge in [0.2, 0.25) is 10.5 Å². The first-order valence-corrected chi connectivity index (χ1v) is 7.08. The highest BCUT2D eigenvalue weighted by Gasteiger charge is 2.51. The number of ketones is 1. The molecule has 0 aliphatic heterocycles. The first-order chi connectivity index (χ1) is 10.1. The Hall–Kier alpha value is -1.66. The second-order valence-electron chi connectivity index (χ2n) is 5.03. The normalized spacial score (nSPS) is 25.5. The molecule has 3 radical (unpaired) electrons. The molecule has 1 saturated carbocycles. The van der Waals surface area contributed by atoms with Crippen molar-refractivity contribution in [1.82, 2.24) is 0 Å². The van der Waals surface area contributed by atoms with Gasteiger partial charge in [-0.1, -0.05) is 12.1 Å². The average molecular weight is 305 g/mol. The molecule has 5 nitrogen and oxygen atoms in total. The van der Waals surface area contributed by atoms with Gasteiger partial charge < -0.3 is 13.9 Å². The molecular formula is C15H17O5Si. The zero-order valence-electron chi connectivity index (χ0n) is 12.0. The number of carbonyl (C=O) groups is 2. The van der Waals surface area contributed by atoms with E-state index in [4.69, 9.17) is 13.9 Å². The number of benzene rings is 1. The zero-order chi connectivity index (χ0) is 15.5. The highest BCUT2D eigenvalue weighted by Crippen LogP contribution is 2.39. The molecule has 0 amide bonds. The smallest absolute Gasteiger partial charge is 0.323 e. The standard InChI is InChI=1S/C15H17O5Si/c1-18-11-5-3-10(4-6-11)15(14(17)19-2)9-12(20-21)7-8-13(15)16/h3-6,12H,7-9H2,1-2H3/t12-,15+/m0/s1. The summed E-state index contributed by atoms with van der Waals surface area (Å²) in [7, 11) is 5.87. The van der Waals surface area contributed by atoms with Crippen LogP contribution in [0, 0.1) is 0 Å². The van der Waals surface area contributed by atoms with E-state index in [1.807, 2.05) is 0 Å². The highest BCUT2D eigenvalue weighted by atomic mass is 28.2. The first kappa shape index (κ1) is 15.7. The fourth-order valence-corrected chi connectivity index (χ4v) is 3.01. The summed E-state index contributed by atoms with van der Waals surface area (Å²) in [5.74, 6) is -0.0273. The van der Waals surface area contributed by atoms with Crippen molar-refractivity contribution < 1.29 is 23.5 Å². The van der Waals surface area contributed by atoms with Gasteiger partial charge in [-0.05, 0) is 30.5 Å². The van der Waals surface area contributed by atoms with E-state index in [2.05, 4.69) is 10.5 Å².